The molecule has 1 saturated heterocycles. The molecule has 0 bridgehead atoms. The molecule has 2 aliphatic rings. The lowest BCUT2D eigenvalue weighted by atomic mass is 10.0. The molecule has 0 saturated carbocycles. The molecule has 0 spiro atoms. The first-order chi connectivity index (χ1) is 9.66. The summed E-state index contributed by atoms with van der Waals surface area (Å²) < 4.78 is 8.19. The van der Waals surface area contributed by atoms with E-state index in [4.69, 9.17) is 0 Å². The third-order valence-electron chi connectivity index (χ3n) is 3.55. The number of benzene rings is 1. The molecule has 2 aliphatic heterocycles. The van der Waals surface area contributed by atoms with Crippen LogP contribution in [0.25, 0.3) is 0 Å². The zero-order valence-corrected chi connectivity index (χ0v) is 11.5. The van der Waals surface area contributed by atoms with Gasteiger partial charge in [-0.05, 0) is 37.5 Å². The van der Waals surface area contributed by atoms with Crippen molar-refractivity contribution in [1.29, 1.82) is 0 Å². The largest absolute Gasteiger partial charge is 0.480 e. The van der Waals surface area contributed by atoms with E-state index in [9.17, 15) is 14.7 Å². The second-order valence-electron chi connectivity index (χ2n) is 4.82. The maximum absolute atomic E-state index is 12.5. The standard InChI is InChI=1S/C13H13N3O3S/c17-12(16-6-2-1-3-11(16)13(18)19)8-4-5-9-10(7-8)15-20-14-9/h4-5,7,11H,1-3,6H2,(H,18,19)/t11-/m1/s1. The SMILES string of the molecule is O=C(O)[C@H]1CCCCN1C(=O)c1ccc2c(c1)N=S=N2. The predicted octanol–water partition coefficient (Wildman–Crippen LogP) is 2.49. The van der Waals surface area contributed by atoms with Crippen LogP contribution in [-0.2, 0) is 16.1 Å². The summed E-state index contributed by atoms with van der Waals surface area (Å²) in [7, 11) is 0. The Morgan fingerprint density at radius 2 is 2.05 bits per heavy atom. The summed E-state index contributed by atoms with van der Waals surface area (Å²) in [6, 6.07) is 4.38. The Kier molecular flexibility index (Phi) is 3.35. The van der Waals surface area contributed by atoms with Crippen molar-refractivity contribution in [1.82, 2.24) is 4.90 Å². The molecule has 1 N–H and O–H groups in total. The highest BCUT2D eigenvalue weighted by Crippen LogP contribution is 2.33. The van der Waals surface area contributed by atoms with Crippen LogP contribution < -0.4 is 0 Å². The molecule has 1 fully saturated rings. The van der Waals surface area contributed by atoms with E-state index in [0.29, 0.717) is 24.2 Å². The minimum Gasteiger partial charge on any atom is -0.480 e. The van der Waals surface area contributed by atoms with Crippen LogP contribution in [0.1, 0.15) is 29.6 Å². The van der Waals surface area contributed by atoms with E-state index in [2.05, 4.69) is 8.73 Å². The number of hydrogen-bond acceptors (Lipinski definition) is 4. The molecule has 0 unspecified atom stereocenters. The third-order valence-corrected chi connectivity index (χ3v) is 4.11. The number of carbonyl (C=O) groups is 2. The smallest absolute Gasteiger partial charge is 0.326 e. The van der Waals surface area contributed by atoms with E-state index in [1.165, 1.54) is 4.90 Å². The zero-order chi connectivity index (χ0) is 14.1. The highest BCUT2D eigenvalue weighted by atomic mass is 32.1. The fourth-order valence-electron chi connectivity index (χ4n) is 2.51. The van der Waals surface area contributed by atoms with Crippen LogP contribution >= 0.6 is 0 Å². The summed E-state index contributed by atoms with van der Waals surface area (Å²) >= 11 is 1.10. The maximum Gasteiger partial charge on any atom is 0.326 e. The van der Waals surface area contributed by atoms with Gasteiger partial charge in [-0.15, -0.1) is 0 Å². The topological polar surface area (TPSA) is 82.3 Å². The quantitative estimate of drug-likeness (QED) is 0.922. The number of aliphatic carboxylic acids is 1. The Balaban J connectivity index is 1.88. The lowest BCUT2D eigenvalue weighted by molar-refractivity contribution is -0.143. The Morgan fingerprint density at radius 3 is 2.85 bits per heavy atom. The van der Waals surface area contributed by atoms with Crippen LogP contribution in [0.2, 0.25) is 0 Å². The summed E-state index contributed by atoms with van der Waals surface area (Å²) in [4.78, 5) is 25.2. The summed E-state index contributed by atoms with van der Waals surface area (Å²) in [5, 5.41) is 9.23. The fourth-order valence-corrected chi connectivity index (χ4v) is 3.03. The molecule has 1 amide bonds. The molecule has 0 aliphatic carbocycles. The van der Waals surface area contributed by atoms with Crippen molar-refractivity contribution >= 4 is 34.6 Å². The van der Waals surface area contributed by atoms with Gasteiger partial charge in [-0.3, -0.25) is 4.79 Å². The molecule has 6 nitrogen and oxygen atoms in total. The van der Waals surface area contributed by atoms with Crippen LogP contribution in [0.4, 0.5) is 11.4 Å². The third kappa shape index (κ3) is 2.24. The molecule has 3 rings (SSSR count). The lowest BCUT2D eigenvalue weighted by Gasteiger charge is -2.33. The Hall–Kier alpha value is -2.02. The van der Waals surface area contributed by atoms with Gasteiger partial charge in [0.05, 0.1) is 11.4 Å². The minimum absolute atomic E-state index is 0.244. The Labute approximate surface area is 119 Å². The van der Waals surface area contributed by atoms with E-state index < -0.39 is 12.0 Å². The van der Waals surface area contributed by atoms with E-state index in [1.807, 2.05) is 0 Å². The lowest BCUT2D eigenvalue weighted by Crippen LogP contribution is -2.47. The van der Waals surface area contributed by atoms with Crippen LogP contribution in [0.15, 0.2) is 26.9 Å². The first kappa shape index (κ1) is 13.0. The van der Waals surface area contributed by atoms with Crippen molar-refractivity contribution in [3.63, 3.8) is 0 Å². The van der Waals surface area contributed by atoms with E-state index in [1.54, 1.807) is 18.2 Å². The van der Waals surface area contributed by atoms with Crippen molar-refractivity contribution in [2.75, 3.05) is 6.54 Å². The number of piperidine rings is 1. The van der Waals surface area contributed by atoms with Crippen LogP contribution in [-0.4, -0.2) is 34.5 Å². The maximum atomic E-state index is 12.5. The fraction of sp³-hybridized carbons (Fsp3) is 0.385. The molecule has 104 valence electrons. The van der Waals surface area contributed by atoms with Gasteiger partial charge in [0.25, 0.3) is 5.91 Å². The second-order valence-corrected chi connectivity index (χ2v) is 5.34. The Morgan fingerprint density at radius 1 is 1.25 bits per heavy atom. The zero-order valence-electron chi connectivity index (χ0n) is 10.7. The molecule has 1 aromatic rings. The predicted molar refractivity (Wildman–Crippen MR) is 74.3 cm³/mol. The van der Waals surface area contributed by atoms with Gasteiger partial charge in [-0.1, -0.05) is 0 Å². The van der Waals surface area contributed by atoms with Gasteiger partial charge in [0.15, 0.2) is 0 Å². The van der Waals surface area contributed by atoms with Crippen molar-refractivity contribution in [2.45, 2.75) is 25.3 Å². The molecule has 0 aromatic heterocycles. The molecular weight excluding hydrogens is 278 g/mol. The molecule has 2 heterocycles. The van der Waals surface area contributed by atoms with Crippen molar-refractivity contribution < 1.29 is 14.7 Å². The highest BCUT2D eigenvalue weighted by molar-refractivity contribution is 7.58. The van der Waals surface area contributed by atoms with Gasteiger partial charge in [0, 0.05) is 12.1 Å². The number of carbonyl (C=O) groups excluding carboxylic acids is 1. The van der Waals surface area contributed by atoms with Gasteiger partial charge >= 0.3 is 5.97 Å². The molecular formula is C13H13N3O3S. The van der Waals surface area contributed by atoms with Crippen LogP contribution in [0.5, 0.6) is 0 Å². The van der Waals surface area contributed by atoms with Gasteiger partial charge in [-0.2, -0.15) is 8.73 Å². The first-order valence-corrected chi connectivity index (χ1v) is 7.16. The number of nitrogens with zero attached hydrogens (tertiary/aromatic N) is 3. The van der Waals surface area contributed by atoms with Gasteiger partial charge in [-0.25, -0.2) is 4.79 Å². The number of fused-ring (bicyclic) bond motifs is 1. The monoisotopic (exact) mass is 291 g/mol. The van der Waals surface area contributed by atoms with Crippen molar-refractivity contribution in [3.8, 4) is 0 Å². The van der Waals surface area contributed by atoms with Gasteiger partial charge < -0.3 is 10.0 Å². The number of amides is 1. The van der Waals surface area contributed by atoms with Crippen LogP contribution in [0.3, 0.4) is 0 Å². The molecule has 20 heavy (non-hydrogen) atoms. The van der Waals surface area contributed by atoms with Crippen molar-refractivity contribution in [3.05, 3.63) is 23.8 Å². The second kappa shape index (κ2) is 5.16. The number of likely N-dealkylation sites (tertiary alicyclic amines) is 1. The number of rotatable bonds is 2. The van der Waals surface area contributed by atoms with E-state index in [-0.39, 0.29) is 5.91 Å². The number of carboxylic acid groups (broad SMARTS) is 1. The minimum atomic E-state index is -0.936. The highest BCUT2D eigenvalue weighted by Gasteiger charge is 2.32. The summed E-state index contributed by atoms with van der Waals surface area (Å²) in [6.45, 7) is 0.489. The van der Waals surface area contributed by atoms with Crippen LogP contribution in [0, 0.1) is 0 Å². The van der Waals surface area contributed by atoms with E-state index >= 15 is 0 Å². The summed E-state index contributed by atoms with van der Waals surface area (Å²) in [5.74, 6) is -1.18. The number of carboxylic acids is 1. The van der Waals surface area contributed by atoms with Gasteiger partial charge in [0.1, 0.15) is 17.4 Å². The average molecular weight is 291 g/mol. The summed E-state index contributed by atoms with van der Waals surface area (Å²) in [5.41, 5.74) is 1.89. The Bertz CT molecular complexity index is 652. The first-order valence-electron chi connectivity index (χ1n) is 6.43. The molecule has 0 radical (unpaired) electrons. The number of hydrogen-bond donors (Lipinski definition) is 1. The van der Waals surface area contributed by atoms with Crippen molar-refractivity contribution in [2.24, 2.45) is 8.73 Å². The molecule has 1 atom stereocenters. The van der Waals surface area contributed by atoms with Gasteiger partial charge in [0.2, 0.25) is 0 Å². The average Bonchev–Trinajstić information content (AvgIpc) is 2.93. The molecule has 1 aromatic carbocycles. The summed E-state index contributed by atoms with van der Waals surface area (Å²) in [6.07, 6.45) is 2.20. The molecule has 7 heteroatoms. The van der Waals surface area contributed by atoms with E-state index in [0.717, 1.165) is 29.9 Å². The normalized spacial score (nSPS) is 20.4.